The second-order valence-electron chi connectivity index (χ2n) is 17.5. The van der Waals surface area contributed by atoms with Crippen LogP contribution < -0.4 is 5.43 Å². The van der Waals surface area contributed by atoms with E-state index in [1.807, 2.05) is 62.5 Å². The number of aliphatic hydroxyl groups is 2. The number of hydrogen-bond acceptors (Lipinski definition) is 15. The summed E-state index contributed by atoms with van der Waals surface area (Å²) in [5, 5.41) is 29.8. The summed E-state index contributed by atoms with van der Waals surface area (Å²) in [6.07, 6.45) is 1.74. The van der Waals surface area contributed by atoms with Gasteiger partial charge in [-0.1, -0.05) is 39.8 Å². The highest BCUT2D eigenvalue weighted by atomic mass is 19.1. The number of amides is 1. The molecule has 18 heteroatoms. The number of alkyl halides is 1. The number of imidazole rings is 1. The Balaban J connectivity index is 1.49. The Morgan fingerprint density at radius 1 is 1.13 bits per heavy atom. The molecule has 17 nitrogen and oxygen atoms in total. The van der Waals surface area contributed by atoms with Crippen LogP contribution in [-0.4, -0.2) is 145 Å². The number of aromatic nitrogens is 3. The van der Waals surface area contributed by atoms with Crippen LogP contribution in [0, 0.1) is 17.8 Å². The molecule has 0 spiro atoms. The van der Waals surface area contributed by atoms with Gasteiger partial charge in [0, 0.05) is 61.0 Å². The van der Waals surface area contributed by atoms with E-state index in [1.165, 1.54) is 26.0 Å². The number of aliphatic hydroxyl groups excluding tert-OH is 1. The van der Waals surface area contributed by atoms with Gasteiger partial charge in [-0.25, -0.2) is 29.4 Å². The van der Waals surface area contributed by atoms with Crippen molar-refractivity contribution in [2.45, 2.75) is 154 Å². The number of hydrazine groups is 1. The van der Waals surface area contributed by atoms with Crippen molar-refractivity contribution >= 4 is 23.6 Å². The molecule has 0 radical (unpaired) electrons. The summed E-state index contributed by atoms with van der Waals surface area (Å²) in [6, 6.07) is 2.46. The fraction of sp³-hybridized carbons (Fsp3) is 0.721. The number of cyclic esters (lactones) is 1. The minimum atomic E-state index is -3.23. The fourth-order valence-corrected chi connectivity index (χ4v) is 9.42. The Morgan fingerprint density at radius 2 is 1.85 bits per heavy atom. The van der Waals surface area contributed by atoms with Crippen LogP contribution in [0.4, 0.5) is 9.18 Å². The van der Waals surface area contributed by atoms with E-state index in [0.717, 1.165) is 18.2 Å². The number of halogens is 1. The van der Waals surface area contributed by atoms with Gasteiger partial charge < -0.3 is 43.5 Å². The fourth-order valence-electron chi connectivity index (χ4n) is 9.42. The van der Waals surface area contributed by atoms with Gasteiger partial charge in [0.25, 0.3) is 5.67 Å². The first-order valence-corrected chi connectivity index (χ1v) is 21.4. The second kappa shape index (κ2) is 19.5. The first-order chi connectivity index (χ1) is 28.7. The molecule has 3 aliphatic rings. The normalized spacial score (nSPS) is 37.3. The maximum atomic E-state index is 16.9. The van der Waals surface area contributed by atoms with E-state index < -0.39 is 83.1 Å². The largest absolute Gasteiger partial charge is 0.455 e. The minimum Gasteiger partial charge on any atom is -0.455 e. The number of fused-ring (bicyclic) bond motifs is 1. The van der Waals surface area contributed by atoms with Gasteiger partial charge >= 0.3 is 12.1 Å². The first-order valence-electron chi connectivity index (χ1n) is 21.4. The first kappa shape index (κ1) is 48.0. The van der Waals surface area contributed by atoms with Crippen molar-refractivity contribution in [1.82, 2.24) is 29.9 Å². The number of aryl methyl sites for hydroxylation is 1. The molecular formula is C43H66FN7O10. The molecule has 2 aromatic rings. The van der Waals surface area contributed by atoms with Crippen LogP contribution >= 0.6 is 0 Å². The molecule has 2 unspecified atom stereocenters. The molecule has 340 valence electrons. The standard InChI is InChI=1S/C43H66FN7O10/c1-12-32-43(9)35(51(40(55)61-43)47-18-15-19-50-23-30(46-24-50)29-16-14-17-45-22-29)27(5)33(48-57-11)25(3)21-41(7,56)37(28(6)36(53)42(8,44)39(54)59-32)60-38-34(52)31(49(10)13-2)20-26(4)58-38/h14,16-17,22-28,31-32,34-35,37-38,47,52,56H,12-13,15,18-21H2,1-11H3/b48-33+/t25-,26-,27+,28+,31+,32-,34-,35?,37-,38?,41-,42+,43-/m1/s1. The molecule has 3 N–H and O–H groups in total. The van der Waals surface area contributed by atoms with Crippen LogP contribution in [0.1, 0.15) is 88.0 Å². The average Bonchev–Trinajstić information content (AvgIpc) is 3.80. The van der Waals surface area contributed by atoms with E-state index in [2.05, 4.69) is 20.5 Å². The summed E-state index contributed by atoms with van der Waals surface area (Å²) in [6.45, 7) is 15.9. The molecule has 0 aliphatic carbocycles. The van der Waals surface area contributed by atoms with Crippen molar-refractivity contribution in [2.75, 3.05) is 27.2 Å². The second-order valence-corrected chi connectivity index (χ2v) is 17.5. The number of esters is 1. The predicted molar refractivity (Wildman–Crippen MR) is 222 cm³/mol. The molecule has 3 fully saturated rings. The maximum absolute atomic E-state index is 16.9. The van der Waals surface area contributed by atoms with Gasteiger partial charge in [0.1, 0.15) is 25.4 Å². The topological polar surface area (TPSA) is 199 Å². The maximum Gasteiger partial charge on any atom is 0.425 e. The van der Waals surface area contributed by atoms with E-state index in [-0.39, 0.29) is 25.0 Å². The van der Waals surface area contributed by atoms with Gasteiger partial charge in [-0.15, -0.1) is 0 Å². The zero-order valence-electron chi connectivity index (χ0n) is 37.4. The summed E-state index contributed by atoms with van der Waals surface area (Å²) in [4.78, 5) is 58.1. The SMILES string of the molecule is CC[C@H]1OC(=O)[C@@](C)(F)C(=O)[C@H](C)[C@@H](OC2O[C@H](C)C[C@H](N(C)CC)[C@H]2O)[C@](C)(O)C[C@@H](C)/C(=N\OC)[C@H](C)C2N(NCCCn3cnc(-c4cccnc4)c3)C(=O)O[C@@]21C. The van der Waals surface area contributed by atoms with E-state index in [9.17, 15) is 24.6 Å². The number of hydrogen-bond donors (Lipinski definition) is 3. The van der Waals surface area contributed by atoms with Crippen molar-refractivity contribution < 1.29 is 52.8 Å². The number of carbonyl (C=O) groups excluding carboxylic acids is 3. The molecule has 13 atom stereocenters. The Kier molecular flexibility index (Phi) is 15.4. The van der Waals surface area contributed by atoms with Crippen molar-refractivity contribution in [3.63, 3.8) is 0 Å². The van der Waals surface area contributed by atoms with Crippen LogP contribution in [0.15, 0.2) is 42.2 Å². The highest BCUT2D eigenvalue weighted by Crippen LogP contribution is 2.43. The third kappa shape index (κ3) is 10.1. The number of likely N-dealkylation sites (N-methyl/N-ethyl adjacent to an activating group) is 1. The molecule has 3 aliphatic heterocycles. The Morgan fingerprint density at radius 3 is 2.49 bits per heavy atom. The Hall–Kier alpha value is -4.07. The van der Waals surface area contributed by atoms with Crippen molar-refractivity contribution in [3.8, 4) is 11.3 Å². The summed E-state index contributed by atoms with van der Waals surface area (Å²) in [7, 11) is 3.25. The monoisotopic (exact) mass is 859 g/mol. The number of nitrogens with one attached hydrogen (secondary N) is 1. The summed E-state index contributed by atoms with van der Waals surface area (Å²) in [5.41, 5.74) is -1.45. The third-order valence-corrected chi connectivity index (χ3v) is 12.7. The quantitative estimate of drug-likeness (QED) is 0.118. The molecular weight excluding hydrogens is 794 g/mol. The zero-order valence-corrected chi connectivity index (χ0v) is 37.4. The van der Waals surface area contributed by atoms with E-state index in [0.29, 0.717) is 38.2 Å². The molecule has 3 saturated heterocycles. The van der Waals surface area contributed by atoms with Gasteiger partial charge in [0.05, 0.1) is 35.5 Å². The van der Waals surface area contributed by atoms with Crippen LogP contribution in [-0.2, 0) is 39.9 Å². The smallest absolute Gasteiger partial charge is 0.425 e. The number of rotatable bonds is 12. The number of Topliss-reactive ketones (excluding diaryl/α,β-unsaturated/α-hetero) is 1. The minimum absolute atomic E-state index is 0.0848. The van der Waals surface area contributed by atoms with Gasteiger partial charge in [-0.2, -0.15) is 0 Å². The highest BCUT2D eigenvalue weighted by Gasteiger charge is 2.62. The van der Waals surface area contributed by atoms with Crippen molar-refractivity contribution in [3.05, 3.63) is 37.1 Å². The molecule has 61 heavy (non-hydrogen) atoms. The van der Waals surface area contributed by atoms with Gasteiger partial charge in [-0.05, 0) is 79.1 Å². The number of carbonyl (C=O) groups is 3. The van der Waals surface area contributed by atoms with Gasteiger partial charge in [0.15, 0.2) is 17.7 Å². The molecule has 0 saturated carbocycles. The van der Waals surface area contributed by atoms with E-state index in [4.69, 9.17) is 23.8 Å². The molecule has 2 aromatic heterocycles. The van der Waals surface area contributed by atoms with E-state index in [1.54, 1.807) is 32.6 Å². The molecule has 0 aromatic carbocycles. The van der Waals surface area contributed by atoms with Crippen LogP contribution in [0.25, 0.3) is 11.3 Å². The van der Waals surface area contributed by atoms with Crippen LogP contribution in [0.2, 0.25) is 0 Å². The lowest BCUT2D eigenvalue weighted by molar-refractivity contribution is -0.293. The highest BCUT2D eigenvalue weighted by molar-refractivity contribution is 6.08. The summed E-state index contributed by atoms with van der Waals surface area (Å²) < 4.78 is 43.3. The Labute approximate surface area is 358 Å². The average molecular weight is 860 g/mol. The van der Waals surface area contributed by atoms with Gasteiger partial charge in [-0.3, -0.25) is 9.78 Å². The third-order valence-electron chi connectivity index (χ3n) is 12.7. The lowest BCUT2D eigenvalue weighted by Gasteiger charge is -2.46. The number of nitrogens with zero attached hydrogens (tertiary/aromatic N) is 6. The number of oxime groups is 1. The van der Waals surface area contributed by atoms with Crippen LogP contribution in [0.5, 0.6) is 0 Å². The lowest BCUT2D eigenvalue weighted by Crippen LogP contribution is -2.62. The number of ether oxygens (including phenoxy) is 4. The molecule has 5 rings (SSSR count). The van der Waals surface area contributed by atoms with Crippen molar-refractivity contribution in [2.24, 2.45) is 22.9 Å². The van der Waals surface area contributed by atoms with Gasteiger partial charge in [0.2, 0.25) is 0 Å². The molecule has 1 amide bonds. The predicted octanol–water partition coefficient (Wildman–Crippen LogP) is 4.31. The molecule has 0 bridgehead atoms. The lowest BCUT2D eigenvalue weighted by atomic mass is 9.73. The Bertz CT molecular complexity index is 1850. The van der Waals surface area contributed by atoms with Crippen LogP contribution in [0.3, 0.4) is 0 Å². The molecule has 5 heterocycles. The summed E-state index contributed by atoms with van der Waals surface area (Å²) >= 11 is 0. The number of ketones is 1. The van der Waals surface area contributed by atoms with E-state index >= 15 is 4.39 Å². The summed E-state index contributed by atoms with van der Waals surface area (Å²) in [5.74, 6) is -5.46. The van der Waals surface area contributed by atoms with Crippen molar-refractivity contribution in [1.29, 1.82) is 0 Å². The number of pyridine rings is 1. The zero-order chi connectivity index (χ0) is 45.0.